The normalized spacial score (nSPS) is 14.9. The summed E-state index contributed by atoms with van der Waals surface area (Å²) in [7, 11) is 1.95. The standard InChI is InChI=1S/C14H18N4/c1-18-13(10-15-9-11-7-8-11)16-14(17-18)12-5-3-2-4-6-12/h2-6,11,15H,7-10H2,1H3. The minimum atomic E-state index is 0.798. The van der Waals surface area contributed by atoms with Crippen LogP contribution in [0.2, 0.25) is 0 Å². The van der Waals surface area contributed by atoms with E-state index in [0.717, 1.165) is 36.2 Å². The van der Waals surface area contributed by atoms with E-state index in [1.165, 1.54) is 12.8 Å². The zero-order valence-corrected chi connectivity index (χ0v) is 10.6. The quantitative estimate of drug-likeness (QED) is 0.871. The fourth-order valence-electron chi connectivity index (χ4n) is 1.99. The number of aromatic nitrogens is 3. The van der Waals surface area contributed by atoms with Gasteiger partial charge in [-0.25, -0.2) is 4.98 Å². The van der Waals surface area contributed by atoms with Crippen molar-refractivity contribution in [1.29, 1.82) is 0 Å². The number of hydrogen-bond donors (Lipinski definition) is 1. The zero-order valence-electron chi connectivity index (χ0n) is 10.6. The van der Waals surface area contributed by atoms with Gasteiger partial charge in [0.2, 0.25) is 0 Å². The van der Waals surface area contributed by atoms with E-state index in [9.17, 15) is 0 Å². The second-order valence-electron chi connectivity index (χ2n) is 4.92. The van der Waals surface area contributed by atoms with Gasteiger partial charge in [-0.15, -0.1) is 0 Å². The molecule has 3 rings (SSSR count). The first-order valence-corrected chi connectivity index (χ1v) is 6.49. The van der Waals surface area contributed by atoms with Crippen LogP contribution in [0.1, 0.15) is 18.7 Å². The van der Waals surface area contributed by atoms with E-state index < -0.39 is 0 Å². The molecule has 94 valence electrons. The van der Waals surface area contributed by atoms with Crippen LogP contribution in [0, 0.1) is 5.92 Å². The summed E-state index contributed by atoms with van der Waals surface area (Å²) < 4.78 is 1.86. The van der Waals surface area contributed by atoms with Crippen LogP contribution in [0.25, 0.3) is 11.4 Å². The third kappa shape index (κ3) is 2.59. The predicted octanol–water partition coefficient (Wildman–Crippen LogP) is 1.98. The van der Waals surface area contributed by atoms with E-state index in [1.54, 1.807) is 0 Å². The van der Waals surface area contributed by atoms with Crippen LogP contribution in [0.4, 0.5) is 0 Å². The summed E-state index contributed by atoms with van der Waals surface area (Å²) >= 11 is 0. The maximum atomic E-state index is 4.59. The van der Waals surface area contributed by atoms with Crippen molar-refractivity contribution in [3.05, 3.63) is 36.2 Å². The van der Waals surface area contributed by atoms with Gasteiger partial charge < -0.3 is 5.32 Å². The van der Waals surface area contributed by atoms with Crippen molar-refractivity contribution in [2.45, 2.75) is 19.4 Å². The third-order valence-corrected chi connectivity index (χ3v) is 3.30. The summed E-state index contributed by atoms with van der Waals surface area (Å²) in [6.45, 7) is 1.90. The first-order chi connectivity index (χ1) is 8.83. The van der Waals surface area contributed by atoms with E-state index >= 15 is 0 Å². The third-order valence-electron chi connectivity index (χ3n) is 3.30. The van der Waals surface area contributed by atoms with Crippen LogP contribution >= 0.6 is 0 Å². The Morgan fingerprint density at radius 3 is 2.78 bits per heavy atom. The van der Waals surface area contributed by atoms with Gasteiger partial charge in [0.25, 0.3) is 0 Å². The van der Waals surface area contributed by atoms with Gasteiger partial charge in [-0.05, 0) is 25.3 Å². The van der Waals surface area contributed by atoms with Crippen molar-refractivity contribution in [2.24, 2.45) is 13.0 Å². The van der Waals surface area contributed by atoms with Crippen molar-refractivity contribution in [1.82, 2.24) is 20.1 Å². The lowest BCUT2D eigenvalue weighted by Gasteiger charge is -2.01. The average Bonchev–Trinajstić information content (AvgIpc) is 3.14. The molecule has 1 aromatic heterocycles. The molecule has 0 unspecified atom stereocenters. The molecule has 1 aromatic carbocycles. The SMILES string of the molecule is Cn1nc(-c2ccccc2)nc1CNCC1CC1. The van der Waals surface area contributed by atoms with E-state index in [2.05, 4.69) is 15.4 Å². The molecule has 1 fully saturated rings. The Morgan fingerprint density at radius 2 is 2.06 bits per heavy atom. The topological polar surface area (TPSA) is 42.7 Å². The van der Waals surface area contributed by atoms with Crippen LogP contribution in [-0.2, 0) is 13.6 Å². The molecule has 1 N–H and O–H groups in total. The van der Waals surface area contributed by atoms with Gasteiger partial charge >= 0.3 is 0 Å². The highest BCUT2D eigenvalue weighted by Gasteiger charge is 2.20. The maximum Gasteiger partial charge on any atom is 0.181 e. The van der Waals surface area contributed by atoms with Crippen LogP contribution in [-0.4, -0.2) is 21.3 Å². The van der Waals surface area contributed by atoms with Gasteiger partial charge in [0.15, 0.2) is 5.82 Å². The fraction of sp³-hybridized carbons (Fsp3) is 0.429. The summed E-state index contributed by atoms with van der Waals surface area (Å²) in [5.41, 5.74) is 1.07. The molecule has 0 saturated heterocycles. The molecule has 2 aromatic rings. The fourth-order valence-corrected chi connectivity index (χ4v) is 1.99. The summed E-state index contributed by atoms with van der Waals surface area (Å²) in [6.07, 6.45) is 2.75. The van der Waals surface area contributed by atoms with Gasteiger partial charge in [-0.1, -0.05) is 30.3 Å². The number of benzene rings is 1. The van der Waals surface area contributed by atoms with Crippen molar-refractivity contribution in [2.75, 3.05) is 6.54 Å². The van der Waals surface area contributed by atoms with Crippen LogP contribution in [0.15, 0.2) is 30.3 Å². The average molecular weight is 242 g/mol. The largest absolute Gasteiger partial charge is 0.310 e. The summed E-state index contributed by atoms with van der Waals surface area (Å²) in [5.74, 6) is 2.70. The molecule has 4 nitrogen and oxygen atoms in total. The van der Waals surface area contributed by atoms with Gasteiger partial charge in [-0.2, -0.15) is 5.10 Å². The molecule has 4 heteroatoms. The van der Waals surface area contributed by atoms with Crippen molar-refractivity contribution >= 4 is 0 Å². The number of nitrogens with zero attached hydrogens (tertiary/aromatic N) is 3. The molecule has 0 atom stereocenters. The molecule has 0 spiro atoms. The van der Waals surface area contributed by atoms with Gasteiger partial charge in [0, 0.05) is 12.6 Å². The van der Waals surface area contributed by atoms with Crippen molar-refractivity contribution in [3.8, 4) is 11.4 Å². The van der Waals surface area contributed by atoms with Gasteiger partial charge in [0.05, 0.1) is 6.54 Å². The summed E-state index contributed by atoms with van der Waals surface area (Å²) in [6, 6.07) is 10.1. The Balaban J connectivity index is 1.69. The molecule has 0 amide bonds. The molecule has 1 aliphatic carbocycles. The highest BCUT2D eigenvalue weighted by atomic mass is 15.3. The van der Waals surface area contributed by atoms with Crippen molar-refractivity contribution < 1.29 is 0 Å². The number of aryl methyl sites for hydroxylation is 1. The minimum Gasteiger partial charge on any atom is -0.310 e. The lowest BCUT2D eigenvalue weighted by Crippen LogP contribution is -2.18. The Bertz CT molecular complexity index is 514. The molecule has 1 saturated carbocycles. The number of hydrogen-bond acceptors (Lipinski definition) is 3. The smallest absolute Gasteiger partial charge is 0.181 e. The van der Waals surface area contributed by atoms with Crippen LogP contribution < -0.4 is 5.32 Å². The Morgan fingerprint density at radius 1 is 1.28 bits per heavy atom. The first kappa shape index (κ1) is 11.4. The highest BCUT2D eigenvalue weighted by Crippen LogP contribution is 2.27. The predicted molar refractivity (Wildman–Crippen MR) is 70.9 cm³/mol. The summed E-state index contributed by atoms with van der Waals surface area (Å²) in [4.78, 5) is 4.59. The van der Waals surface area contributed by atoms with E-state index in [4.69, 9.17) is 0 Å². The monoisotopic (exact) mass is 242 g/mol. The lowest BCUT2D eigenvalue weighted by molar-refractivity contribution is 0.589. The Hall–Kier alpha value is -1.68. The van der Waals surface area contributed by atoms with E-state index in [1.807, 2.05) is 42.1 Å². The zero-order chi connectivity index (χ0) is 12.4. The minimum absolute atomic E-state index is 0.798. The maximum absolute atomic E-state index is 4.59. The molecule has 0 aliphatic heterocycles. The first-order valence-electron chi connectivity index (χ1n) is 6.49. The molecule has 18 heavy (non-hydrogen) atoms. The van der Waals surface area contributed by atoms with E-state index in [0.29, 0.717) is 0 Å². The molecule has 0 bridgehead atoms. The number of rotatable bonds is 5. The second-order valence-corrected chi connectivity index (χ2v) is 4.92. The Kier molecular flexibility index (Phi) is 3.11. The molecular weight excluding hydrogens is 224 g/mol. The van der Waals surface area contributed by atoms with Crippen molar-refractivity contribution in [3.63, 3.8) is 0 Å². The second kappa shape index (κ2) is 4.90. The number of nitrogens with one attached hydrogen (secondary N) is 1. The van der Waals surface area contributed by atoms with Crippen LogP contribution in [0.3, 0.4) is 0 Å². The molecule has 1 aliphatic rings. The van der Waals surface area contributed by atoms with Gasteiger partial charge in [0.1, 0.15) is 5.82 Å². The lowest BCUT2D eigenvalue weighted by atomic mass is 10.2. The molecule has 0 radical (unpaired) electrons. The Labute approximate surface area is 107 Å². The highest BCUT2D eigenvalue weighted by molar-refractivity contribution is 5.53. The van der Waals surface area contributed by atoms with Gasteiger partial charge in [-0.3, -0.25) is 4.68 Å². The van der Waals surface area contributed by atoms with E-state index in [-0.39, 0.29) is 0 Å². The molecule has 1 heterocycles. The van der Waals surface area contributed by atoms with Crippen LogP contribution in [0.5, 0.6) is 0 Å². The molecular formula is C14H18N4. The summed E-state index contributed by atoms with van der Waals surface area (Å²) in [5, 5.41) is 7.91.